The molecule has 0 saturated carbocycles. The van der Waals surface area contributed by atoms with Crippen molar-refractivity contribution in [2.75, 3.05) is 12.0 Å². The van der Waals surface area contributed by atoms with E-state index >= 15 is 0 Å². The number of anilines is 1. The molecule has 0 saturated heterocycles. The summed E-state index contributed by atoms with van der Waals surface area (Å²) in [5, 5.41) is 0. The molecule has 2 aromatic carbocycles. The molecule has 0 heterocycles. The molecule has 94 valence electrons. The highest BCUT2D eigenvalue weighted by Crippen LogP contribution is 2.34. The highest BCUT2D eigenvalue weighted by molar-refractivity contribution is 7.98. The van der Waals surface area contributed by atoms with E-state index in [2.05, 4.69) is 0 Å². The van der Waals surface area contributed by atoms with Gasteiger partial charge in [-0.25, -0.2) is 4.39 Å². The molecule has 0 aliphatic carbocycles. The van der Waals surface area contributed by atoms with E-state index < -0.39 is 0 Å². The molecule has 2 N–H and O–H groups in total. The van der Waals surface area contributed by atoms with Crippen LogP contribution in [0.2, 0.25) is 0 Å². The lowest BCUT2D eigenvalue weighted by molar-refractivity contribution is 0.471. The quantitative estimate of drug-likeness (QED) is 0.665. The van der Waals surface area contributed by atoms with Gasteiger partial charge in [0.2, 0.25) is 0 Å². The summed E-state index contributed by atoms with van der Waals surface area (Å²) < 4.78 is 19.1. The van der Waals surface area contributed by atoms with Crippen LogP contribution in [-0.2, 0) is 0 Å². The van der Waals surface area contributed by atoms with Crippen molar-refractivity contribution in [2.45, 2.75) is 11.8 Å². The van der Waals surface area contributed by atoms with Crippen molar-refractivity contribution in [2.24, 2.45) is 0 Å². The smallest absolute Gasteiger partial charge is 0.150 e. The predicted octanol–water partition coefficient (Wildman–Crippen LogP) is 4.23. The SMILES string of the molecule is CSc1ccccc1Oc1cc(C)c(F)cc1N. The van der Waals surface area contributed by atoms with E-state index in [4.69, 9.17) is 10.5 Å². The number of nitrogen functional groups attached to an aromatic ring is 1. The zero-order chi connectivity index (χ0) is 13.1. The summed E-state index contributed by atoms with van der Waals surface area (Å²) in [6.45, 7) is 1.68. The van der Waals surface area contributed by atoms with Gasteiger partial charge in [-0.1, -0.05) is 12.1 Å². The summed E-state index contributed by atoms with van der Waals surface area (Å²) >= 11 is 1.59. The zero-order valence-corrected chi connectivity index (χ0v) is 11.1. The van der Waals surface area contributed by atoms with E-state index in [1.807, 2.05) is 30.5 Å². The van der Waals surface area contributed by atoms with Crippen LogP contribution in [0, 0.1) is 12.7 Å². The Morgan fingerprint density at radius 3 is 2.61 bits per heavy atom. The maximum Gasteiger partial charge on any atom is 0.150 e. The fourth-order valence-corrected chi connectivity index (χ4v) is 2.11. The van der Waals surface area contributed by atoms with Gasteiger partial charge in [-0.3, -0.25) is 0 Å². The van der Waals surface area contributed by atoms with Gasteiger partial charge < -0.3 is 10.5 Å². The van der Waals surface area contributed by atoms with E-state index in [9.17, 15) is 4.39 Å². The van der Waals surface area contributed by atoms with E-state index in [-0.39, 0.29) is 5.82 Å². The average Bonchev–Trinajstić information content (AvgIpc) is 2.36. The van der Waals surface area contributed by atoms with E-state index in [1.165, 1.54) is 6.07 Å². The molecule has 0 bridgehead atoms. The second kappa shape index (κ2) is 5.31. The van der Waals surface area contributed by atoms with Crippen LogP contribution in [0.3, 0.4) is 0 Å². The van der Waals surface area contributed by atoms with E-state index in [0.29, 0.717) is 17.0 Å². The molecule has 0 unspecified atom stereocenters. The molecular formula is C14H14FNOS. The fraction of sp³-hybridized carbons (Fsp3) is 0.143. The first-order valence-electron chi connectivity index (χ1n) is 5.48. The first-order chi connectivity index (χ1) is 8.61. The Balaban J connectivity index is 2.37. The van der Waals surface area contributed by atoms with Gasteiger partial charge in [-0.15, -0.1) is 11.8 Å². The number of nitrogens with two attached hydrogens (primary N) is 1. The Kier molecular flexibility index (Phi) is 3.77. The summed E-state index contributed by atoms with van der Waals surface area (Å²) in [5.74, 6) is 0.885. The lowest BCUT2D eigenvalue weighted by Crippen LogP contribution is -1.96. The largest absolute Gasteiger partial charge is 0.454 e. The highest BCUT2D eigenvalue weighted by Gasteiger charge is 2.09. The van der Waals surface area contributed by atoms with Crippen molar-refractivity contribution in [3.05, 3.63) is 47.8 Å². The van der Waals surface area contributed by atoms with Gasteiger partial charge in [0, 0.05) is 11.0 Å². The summed E-state index contributed by atoms with van der Waals surface area (Å²) in [7, 11) is 0. The molecule has 0 aliphatic rings. The number of benzene rings is 2. The van der Waals surface area contributed by atoms with Crippen molar-refractivity contribution >= 4 is 17.4 Å². The molecule has 0 amide bonds. The maximum atomic E-state index is 13.3. The lowest BCUT2D eigenvalue weighted by Gasteiger charge is -2.12. The van der Waals surface area contributed by atoms with Crippen LogP contribution in [0.5, 0.6) is 11.5 Å². The monoisotopic (exact) mass is 263 g/mol. The number of rotatable bonds is 3. The Morgan fingerprint density at radius 2 is 1.89 bits per heavy atom. The van der Waals surface area contributed by atoms with Crippen LogP contribution in [0.1, 0.15) is 5.56 Å². The van der Waals surface area contributed by atoms with Crippen LogP contribution in [0.15, 0.2) is 41.3 Å². The molecule has 0 atom stereocenters. The normalized spacial score (nSPS) is 10.4. The summed E-state index contributed by atoms with van der Waals surface area (Å²) in [5.41, 5.74) is 6.57. The van der Waals surface area contributed by atoms with Gasteiger partial charge in [0.15, 0.2) is 5.75 Å². The molecule has 0 fully saturated rings. The van der Waals surface area contributed by atoms with Gasteiger partial charge in [0.05, 0.1) is 5.69 Å². The van der Waals surface area contributed by atoms with Gasteiger partial charge in [-0.2, -0.15) is 0 Å². The number of thioether (sulfide) groups is 1. The third-order valence-corrected chi connectivity index (χ3v) is 3.36. The van der Waals surface area contributed by atoms with E-state index in [1.54, 1.807) is 24.8 Å². The molecule has 4 heteroatoms. The first kappa shape index (κ1) is 12.8. The van der Waals surface area contributed by atoms with Crippen LogP contribution in [0.4, 0.5) is 10.1 Å². The third-order valence-electron chi connectivity index (χ3n) is 2.58. The van der Waals surface area contributed by atoms with Crippen LogP contribution >= 0.6 is 11.8 Å². The van der Waals surface area contributed by atoms with Crippen molar-refractivity contribution in [3.8, 4) is 11.5 Å². The fourth-order valence-electron chi connectivity index (χ4n) is 1.58. The standard InChI is InChI=1S/C14H14FNOS/c1-9-7-13(11(16)8-10(9)15)17-12-5-3-4-6-14(12)18-2/h3-8H,16H2,1-2H3. The molecule has 2 rings (SSSR count). The minimum absolute atomic E-state index is 0.300. The average molecular weight is 263 g/mol. The number of hydrogen-bond acceptors (Lipinski definition) is 3. The number of ether oxygens (including phenoxy) is 1. The lowest BCUT2D eigenvalue weighted by atomic mass is 10.2. The molecular weight excluding hydrogens is 249 g/mol. The zero-order valence-electron chi connectivity index (χ0n) is 10.2. The third kappa shape index (κ3) is 2.59. The van der Waals surface area contributed by atoms with Crippen molar-refractivity contribution in [3.63, 3.8) is 0 Å². The van der Waals surface area contributed by atoms with Gasteiger partial charge in [-0.05, 0) is 36.9 Å². The maximum absolute atomic E-state index is 13.3. The minimum atomic E-state index is -0.321. The predicted molar refractivity (Wildman–Crippen MR) is 73.8 cm³/mol. The van der Waals surface area contributed by atoms with E-state index in [0.717, 1.165) is 10.6 Å². The Bertz CT molecular complexity index is 572. The van der Waals surface area contributed by atoms with Gasteiger partial charge in [0.25, 0.3) is 0 Å². The molecule has 18 heavy (non-hydrogen) atoms. The van der Waals surface area contributed by atoms with Crippen LogP contribution in [0.25, 0.3) is 0 Å². The second-order valence-electron chi connectivity index (χ2n) is 3.89. The van der Waals surface area contributed by atoms with Crippen molar-refractivity contribution in [1.29, 1.82) is 0 Å². The van der Waals surface area contributed by atoms with Crippen LogP contribution in [-0.4, -0.2) is 6.26 Å². The van der Waals surface area contributed by atoms with Gasteiger partial charge in [0.1, 0.15) is 11.6 Å². The Hall–Kier alpha value is -1.68. The molecule has 0 radical (unpaired) electrons. The highest BCUT2D eigenvalue weighted by atomic mass is 32.2. The Morgan fingerprint density at radius 1 is 1.17 bits per heavy atom. The number of halogens is 1. The van der Waals surface area contributed by atoms with Crippen LogP contribution < -0.4 is 10.5 Å². The molecule has 0 aliphatic heterocycles. The molecule has 0 spiro atoms. The molecule has 2 aromatic rings. The summed E-state index contributed by atoms with van der Waals surface area (Å²) in [6.07, 6.45) is 1.97. The summed E-state index contributed by atoms with van der Waals surface area (Å²) in [6, 6.07) is 10.6. The topological polar surface area (TPSA) is 35.2 Å². The number of para-hydroxylation sites is 1. The van der Waals surface area contributed by atoms with Crippen molar-refractivity contribution < 1.29 is 9.13 Å². The summed E-state index contributed by atoms with van der Waals surface area (Å²) in [4.78, 5) is 1.01. The number of hydrogen-bond donors (Lipinski definition) is 1. The Labute approximate surface area is 110 Å². The first-order valence-corrected chi connectivity index (χ1v) is 6.71. The minimum Gasteiger partial charge on any atom is -0.454 e. The molecule has 2 nitrogen and oxygen atoms in total. The number of aryl methyl sites for hydroxylation is 1. The molecule has 0 aromatic heterocycles. The van der Waals surface area contributed by atoms with Gasteiger partial charge >= 0.3 is 0 Å². The second-order valence-corrected chi connectivity index (χ2v) is 4.74. The van der Waals surface area contributed by atoms with Crippen molar-refractivity contribution in [1.82, 2.24) is 0 Å².